The molecular weight excluding hydrogens is 354 g/mol. The Balaban J connectivity index is 1.50. The van der Waals surface area contributed by atoms with Gasteiger partial charge in [-0.1, -0.05) is 6.58 Å². The van der Waals surface area contributed by atoms with Crippen molar-refractivity contribution < 1.29 is 9.53 Å². The highest BCUT2D eigenvalue weighted by Gasteiger charge is 2.27. The summed E-state index contributed by atoms with van der Waals surface area (Å²) in [5.74, 6) is 1.03. The van der Waals surface area contributed by atoms with Gasteiger partial charge in [-0.15, -0.1) is 0 Å². The highest BCUT2D eigenvalue weighted by atomic mass is 16.5. The second kappa shape index (κ2) is 8.47. The number of nitrogens with zero attached hydrogens (tertiary/aromatic N) is 5. The zero-order valence-electron chi connectivity index (χ0n) is 16.9. The maximum absolute atomic E-state index is 11.9. The molecule has 0 unspecified atom stereocenters. The zero-order valence-corrected chi connectivity index (χ0v) is 16.9. The third-order valence-corrected chi connectivity index (χ3v) is 6.28. The van der Waals surface area contributed by atoms with Crippen LogP contribution in [-0.4, -0.2) is 78.1 Å². The first-order valence-corrected chi connectivity index (χ1v) is 10.5. The van der Waals surface area contributed by atoms with Crippen molar-refractivity contribution in [3.05, 3.63) is 23.9 Å². The van der Waals surface area contributed by atoms with E-state index in [0.29, 0.717) is 31.7 Å². The third-order valence-electron chi connectivity index (χ3n) is 6.28. The van der Waals surface area contributed by atoms with E-state index in [2.05, 4.69) is 23.4 Å². The van der Waals surface area contributed by atoms with Crippen LogP contribution in [0.5, 0.6) is 6.01 Å². The van der Waals surface area contributed by atoms with Crippen LogP contribution in [0, 0.1) is 0 Å². The van der Waals surface area contributed by atoms with Gasteiger partial charge in [-0.3, -0.25) is 4.79 Å². The quantitative estimate of drug-likeness (QED) is 0.719. The molecule has 0 aromatic carbocycles. The van der Waals surface area contributed by atoms with E-state index < -0.39 is 0 Å². The van der Waals surface area contributed by atoms with Crippen molar-refractivity contribution in [1.29, 1.82) is 0 Å². The third kappa shape index (κ3) is 3.99. The van der Waals surface area contributed by atoms with Crippen LogP contribution in [0.2, 0.25) is 0 Å². The van der Waals surface area contributed by atoms with Crippen molar-refractivity contribution in [3.63, 3.8) is 0 Å². The summed E-state index contributed by atoms with van der Waals surface area (Å²) >= 11 is 0. The Labute approximate surface area is 167 Å². The second-order valence-corrected chi connectivity index (χ2v) is 8.07. The molecule has 0 N–H and O–H groups in total. The van der Waals surface area contributed by atoms with E-state index in [1.807, 2.05) is 4.90 Å². The van der Waals surface area contributed by atoms with Gasteiger partial charge in [0, 0.05) is 37.8 Å². The number of anilines is 1. The average Bonchev–Trinajstić information content (AvgIpc) is 3.16. The number of piperazine rings is 1. The van der Waals surface area contributed by atoms with Gasteiger partial charge in [-0.05, 0) is 58.2 Å². The first kappa shape index (κ1) is 19.2. The molecule has 1 amide bonds. The number of fused-ring (bicyclic) bond motifs is 1. The summed E-state index contributed by atoms with van der Waals surface area (Å²) < 4.78 is 6.07. The molecule has 2 fully saturated rings. The highest BCUT2D eigenvalue weighted by molar-refractivity contribution is 5.87. The lowest BCUT2D eigenvalue weighted by Crippen LogP contribution is -2.49. The number of amides is 1. The summed E-state index contributed by atoms with van der Waals surface area (Å²) in [6.45, 7) is 8.35. The van der Waals surface area contributed by atoms with Crippen molar-refractivity contribution in [2.75, 3.05) is 51.3 Å². The van der Waals surface area contributed by atoms with Crippen LogP contribution in [0.3, 0.4) is 0 Å². The predicted octanol–water partition coefficient (Wildman–Crippen LogP) is 1.66. The summed E-state index contributed by atoms with van der Waals surface area (Å²) in [7, 11) is 2.16. The summed E-state index contributed by atoms with van der Waals surface area (Å²) in [6.07, 6.45) is 8.19. The molecule has 3 aliphatic rings. The first-order chi connectivity index (χ1) is 13.7. The number of aromatic nitrogens is 2. The van der Waals surface area contributed by atoms with Gasteiger partial charge in [0.1, 0.15) is 12.4 Å². The highest BCUT2D eigenvalue weighted by Crippen LogP contribution is 2.30. The Kier molecular flexibility index (Phi) is 5.80. The summed E-state index contributed by atoms with van der Waals surface area (Å²) in [6, 6.07) is 0.970. The van der Waals surface area contributed by atoms with Crippen molar-refractivity contribution in [3.8, 4) is 6.01 Å². The van der Waals surface area contributed by atoms with Crippen molar-refractivity contribution in [2.24, 2.45) is 0 Å². The number of hydrogen-bond acceptors (Lipinski definition) is 6. The molecule has 0 spiro atoms. The van der Waals surface area contributed by atoms with Gasteiger partial charge < -0.3 is 19.4 Å². The SMILES string of the molecule is C=CC(=O)N1CCN(c2nc(OC[C@@H]3CCCN3C)nc3c2CCCC3)CC1. The molecule has 4 rings (SSSR count). The van der Waals surface area contributed by atoms with Crippen LogP contribution >= 0.6 is 0 Å². The van der Waals surface area contributed by atoms with E-state index in [4.69, 9.17) is 14.7 Å². The summed E-state index contributed by atoms with van der Waals surface area (Å²) in [4.78, 5) is 28.0. The van der Waals surface area contributed by atoms with Gasteiger partial charge in [0.25, 0.3) is 0 Å². The average molecular weight is 386 g/mol. The Morgan fingerprint density at radius 3 is 2.64 bits per heavy atom. The van der Waals surface area contributed by atoms with Crippen molar-refractivity contribution in [2.45, 2.75) is 44.6 Å². The molecule has 152 valence electrons. The Hall–Kier alpha value is -2.15. The van der Waals surface area contributed by atoms with Crippen LogP contribution in [0.15, 0.2) is 12.7 Å². The lowest BCUT2D eigenvalue weighted by Gasteiger charge is -2.36. The lowest BCUT2D eigenvalue weighted by molar-refractivity contribution is -0.126. The number of likely N-dealkylation sites (tertiary alicyclic amines) is 1. The molecule has 0 bridgehead atoms. The van der Waals surface area contributed by atoms with Crippen LogP contribution in [0.25, 0.3) is 0 Å². The second-order valence-electron chi connectivity index (χ2n) is 8.07. The molecule has 1 atom stereocenters. The van der Waals surface area contributed by atoms with E-state index in [1.165, 1.54) is 37.3 Å². The van der Waals surface area contributed by atoms with Crippen LogP contribution in [0.4, 0.5) is 5.82 Å². The van der Waals surface area contributed by atoms with Crippen LogP contribution < -0.4 is 9.64 Å². The van der Waals surface area contributed by atoms with E-state index in [0.717, 1.165) is 44.0 Å². The monoisotopic (exact) mass is 385 g/mol. The summed E-state index contributed by atoms with van der Waals surface area (Å²) in [5.41, 5.74) is 2.43. The number of aryl methyl sites for hydroxylation is 1. The fourth-order valence-electron chi connectivity index (χ4n) is 4.51. The maximum atomic E-state index is 11.9. The minimum absolute atomic E-state index is 0.00840. The topological polar surface area (TPSA) is 61.8 Å². The maximum Gasteiger partial charge on any atom is 0.318 e. The van der Waals surface area contributed by atoms with Crippen molar-refractivity contribution in [1.82, 2.24) is 19.8 Å². The van der Waals surface area contributed by atoms with Crippen LogP contribution in [0.1, 0.15) is 36.9 Å². The molecule has 7 nitrogen and oxygen atoms in total. The smallest absolute Gasteiger partial charge is 0.318 e. The number of hydrogen-bond donors (Lipinski definition) is 0. The molecule has 0 radical (unpaired) electrons. The number of carbonyl (C=O) groups is 1. The van der Waals surface area contributed by atoms with E-state index in [-0.39, 0.29) is 5.91 Å². The standard InChI is InChI=1S/C21H31N5O2/c1-3-19(27)25-11-13-26(14-12-25)20-17-8-4-5-9-18(17)22-21(23-20)28-15-16-7-6-10-24(16)2/h3,16H,1,4-15H2,2H3/t16-/m0/s1. The fraction of sp³-hybridized carbons (Fsp3) is 0.667. The lowest BCUT2D eigenvalue weighted by atomic mass is 9.96. The Bertz CT molecular complexity index is 730. The van der Waals surface area contributed by atoms with E-state index in [9.17, 15) is 4.79 Å². The van der Waals surface area contributed by atoms with Gasteiger partial charge in [0.15, 0.2) is 0 Å². The fourth-order valence-corrected chi connectivity index (χ4v) is 4.51. The molecule has 7 heteroatoms. The molecular formula is C21H31N5O2. The molecule has 2 aliphatic heterocycles. The molecule has 28 heavy (non-hydrogen) atoms. The Morgan fingerprint density at radius 2 is 1.93 bits per heavy atom. The molecule has 1 aromatic rings. The van der Waals surface area contributed by atoms with E-state index >= 15 is 0 Å². The van der Waals surface area contributed by atoms with Gasteiger partial charge in [-0.2, -0.15) is 9.97 Å². The molecule has 3 heterocycles. The predicted molar refractivity (Wildman–Crippen MR) is 109 cm³/mol. The van der Waals surface area contributed by atoms with Gasteiger partial charge in [-0.25, -0.2) is 0 Å². The largest absolute Gasteiger partial charge is 0.462 e. The number of likely N-dealkylation sites (N-methyl/N-ethyl adjacent to an activating group) is 1. The van der Waals surface area contributed by atoms with Gasteiger partial charge in [0.05, 0.1) is 5.69 Å². The minimum Gasteiger partial charge on any atom is -0.462 e. The molecule has 1 aromatic heterocycles. The number of rotatable bonds is 5. The number of ether oxygens (including phenoxy) is 1. The molecule has 1 aliphatic carbocycles. The first-order valence-electron chi connectivity index (χ1n) is 10.5. The zero-order chi connectivity index (χ0) is 19.5. The van der Waals surface area contributed by atoms with Crippen molar-refractivity contribution >= 4 is 11.7 Å². The van der Waals surface area contributed by atoms with Gasteiger partial charge in [0.2, 0.25) is 5.91 Å². The normalized spacial score (nSPS) is 22.8. The minimum atomic E-state index is 0.00840. The van der Waals surface area contributed by atoms with Gasteiger partial charge >= 0.3 is 6.01 Å². The van der Waals surface area contributed by atoms with E-state index in [1.54, 1.807) is 0 Å². The number of carbonyl (C=O) groups excluding carboxylic acids is 1. The molecule has 2 saturated heterocycles. The van der Waals surface area contributed by atoms with Crippen LogP contribution in [-0.2, 0) is 17.6 Å². The summed E-state index contributed by atoms with van der Waals surface area (Å²) in [5, 5.41) is 0. The molecule has 0 saturated carbocycles. The Morgan fingerprint density at radius 1 is 1.14 bits per heavy atom.